The molecule has 3 rings (SSSR count). The Morgan fingerprint density at radius 3 is 2.77 bits per heavy atom. The van der Waals surface area contributed by atoms with Gasteiger partial charge in [-0.3, -0.25) is 19.8 Å². The molecule has 0 bridgehead atoms. The predicted molar refractivity (Wildman–Crippen MR) is 103 cm³/mol. The van der Waals surface area contributed by atoms with Gasteiger partial charge in [-0.05, 0) is 31.2 Å². The summed E-state index contributed by atoms with van der Waals surface area (Å²) in [7, 11) is 1.61. The molecule has 1 aromatic heterocycles. The number of likely N-dealkylation sites (N-methyl/N-ethyl adjacent to an activating group) is 1. The van der Waals surface area contributed by atoms with Crippen molar-refractivity contribution in [2.75, 3.05) is 13.7 Å². The zero-order chi connectivity index (χ0) is 18.8. The molecule has 1 fully saturated rings. The fourth-order valence-corrected chi connectivity index (χ4v) is 3.54. The Hall–Kier alpha value is -2.65. The Kier molecular flexibility index (Phi) is 5.10. The molecule has 0 radical (unpaired) electrons. The number of benzene rings is 1. The molecule has 1 amide bonds. The van der Waals surface area contributed by atoms with Crippen LogP contribution in [0.5, 0.6) is 5.75 Å². The van der Waals surface area contributed by atoms with Crippen LogP contribution in [0, 0.1) is 10.1 Å². The summed E-state index contributed by atoms with van der Waals surface area (Å²) < 4.78 is 11.5. The molecule has 0 unspecified atom stereocenters. The number of amides is 1. The van der Waals surface area contributed by atoms with E-state index >= 15 is 0 Å². The van der Waals surface area contributed by atoms with Crippen molar-refractivity contribution in [2.24, 2.45) is 0 Å². The van der Waals surface area contributed by atoms with Crippen molar-refractivity contribution in [3.63, 3.8) is 0 Å². The number of hydrogen-bond donors (Lipinski definition) is 0. The second-order valence-electron chi connectivity index (χ2n) is 5.31. The first-order chi connectivity index (χ1) is 12.4. The minimum atomic E-state index is -0.484. The van der Waals surface area contributed by atoms with Crippen molar-refractivity contribution < 1.29 is 18.9 Å². The minimum Gasteiger partial charge on any atom is -0.494 e. The van der Waals surface area contributed by atoms with Crippen LogP contribution < -0.4 is 4.74 Å². The standard InChI is InChI=1S/C17H14N2O5S2/c1-3-23-10-4-6-12(13(8-10)19(21)22)14-7-5-11(24-14)9-15-16(20)18(2)17(25)26-15/h4-9H,3H2,1-2H3/b15-9-. The molecule has 1 aliphatic rings. The van der Waals surface area contributed by atoms with Crippen molar-refractivity contribution in [2.45, 2.75) is 6.92 Å². The Morgan fingerprint density at radius 2 is 2.15 bits per heavy atom. The molecule has 26 heavy (non-hydrogen) atoms. The third-order valence-corrected chi connectivity index (χ3v) is 5.11. The normalized spacial score (nSPS) is 15.8. The van der Waals surface area contributed by atoms with Gasteiger partial charge in [0.25, 0.3) is 11.6 Å². The molecule has 2 aromatic rings. The van der Waals surface area contributed by atoms with Gasteiger partial charge in [0.1, 0.15) is 21.6 Å². The molecular weight excluding hydrogens is 376 g/mol. The number of thioether (sulfide) groups is 1. The maximum absolute atomic E-state index is 12.0. The fourth-order valence-electron chi connectivity index (χ4n) is 2.38. The van der Waals surface area contributed by atoms with Crippen LogP contribution in [0.25, 0.3) is 17.4 Å². The monoisotopic (exact) mass is 390 g/mol. The first-order valence-electron chi connectivity index (χ1n) is 7.63. The second-order valence-corrected chi connectivity index (χ2v) is 6.99. The SMILES string of the molecule is CCOc1ccc(-c2ccc(/C=C3\SC(=S)N(C)C3=O)o2)c([N+](=O)[O-])c1. The largest absolute Gasteiger partial charge is 0.494 e. The number of carbonyl (C=O) groups is 1. The number of rotatable bonds is 5. The lowest BCUT2D eigenvalue weighted by molar-refractivity contribution is -0.384. The average molecular weight is 390 g/mol. The lowest BCUT2D eigenvalue weighted by atomic mass is 10.1. The lowest BCUT2D eigenvalue weighted by Crippen LogP contribution is -2.22. The van der Waals surface area contributed by atoms with Gasteiger partial charge in [0, 0.05) is 13.1 Å². The van der Waals surface area contributed by atoms with Gasteiger partial charge in [-0.1, -0.05) is 24.0 Å². The first kappa shape index (κ1) is 18.2. The summed E-state index contributed by atoms with van der Waals surface area (Å²) in [6, 6.07) is 7.87. The van der Waals surface area contributed by atoms with Crippen molar-refractivity contribution in [3.05, 3.63) is 51.1 Å². The number of nitro groups is 1. The summed E-state index contributed by atoms with van der Waals surface area (Å²) in [4.78, 5) is 24.8. The Labute approximate surface area is 158 Å². The third kappa shape index (κ3) is 3.49. The van der Waals surface area contributed by atoms with Crippen LogP contribution in [0.15, 0.2) is 39.7 Å². The van der Waals surface area contributed by atoms with E-state index in [4.69, 9.17) is 21.4 Å². The molecule has 1 aromatic carbocycles. The Balaban J connectivity index is 1.94. The van der Waals surface area contributed by atoms with E-state index in [1.54, 1.807) is 44.3 Å². The van der Waals surface area contributed by atoms with Crippen LogP contribution in [0.3, 0.4) is 0 Å². The molecule has 9 heteroatoms. The van der Waals surface area contributed by atoms with E-state index in [-0.39, 0.29) is 11.6 Å². The first-order valence-corrected chi connectivity index (χ1v) is 8.86. The quantitative estimate of drug-likeness (QED) is 0.329. The van der Waals surface area contributed by atoms with Crippen LogP contribution >= 0.6 is 24.0 Å². The summed E-state index contributed by atoms with van der Waals surface area (Å²) in [6.07, 6.45) is 1.58. The van der Waals surface area contributed by atoms with Gasteiger partial charge in [0.2, 0.25) is 0 Å². The summed E-state index contributed by atoms with van der Waals surface area (Å²) in [5.41, 5.74) is 0.220. The maximum atomic E-state index is 12.0. The van der Waals surface area contributed by atoms with E-state index in [0.29, 0.717) is 38.7 Å². The van der Waals surface area contributed by atoms with Crippen LogP contribution in [0.1, 0.15) is 12.7 Å². The van der Waals surface area contributed by atoms with E-state index in [1.807, 2.05) is 0 Å². The van der Waals surface area contributed by atoms with Crippen molar-refractivity contribution in [3.8, 4) is 17.1 Å². The third-order valence-electron chi connectivity index (χ3n) is 3.63. The topological polar surface area (TPSA) is 85.8 Å². The van der Waals surface area contributed by atoms with Gasteiger partial charge in [-0.15, -0.1) is 0 Å². The number of ether oxygens (including phenoxy) is 1. The van der Waals surface area contributed by atoms with E-state index in [0.717, 1.165) is 0 Å². The molecule has 0 spiro atoms. The maximum Gasteiger partial charge on any atom is 0.284 e. The zero-order valence-electron chi connectivity index (χ0n) is 13.9. The second kappa shape index (κ2) is 7.30. The van der Waals surface area contributed by atoms with Crippen molar-refractivity contribution in [1.82, 2.24) is 4.90 Å². The molecule has 0 saturated carbocycles. The van der Waals surface area contributed by atoms with Crippen molar-refractivity contribution >= 4 is 46.0 Å². The number of carbonyl (C=O) groups excluding carboxylic acids is 1. The summed E-state index contributed by atoms with van der Waals surface area (Å²) in [6.45, 7) is 2.22. The fraction of sp³-hybridized carbons (Fsp3) is 0.176. The Morgan fingerprint density at radius 1 is 1.38 bits per heavy atom. The molecule has 1 saturated heterocycles. The molecule has 7 nitrogen and oxygen atoms in total. The van der Waals surface area contributed by atoms with Gasteiger partial charge in [-0.25, -0.2) is 0 Å². The predicted octanol–water partition coefficient (Wildman–Crippen LogP) is 4.08. The van der Waals surface area contributed by atoms with Crippen LogP contribution in [-0.4, -0.2) is 33.7 Å². The number of nitrogens with zero attached hydrogens (tertiary/aromatic N) is 2. The van der Waals surface area contributed by atoms with Crippen LogP contribution in [0.4, 0.5) is 5.69 Å². The molecule has 0 N–H and O–H groups in total. The van der Waals surface area contributed by atoms with Crippen LogP contribution in [0.2, 0.25) is 0 Å². The number of furan rings is 1. The molecule has 2 heterocycles. The number of hydrogen-bond acceptors (Lipinski definition) is 7. The van der Waals surface area contributed by atoms with Gasteiger partial charge >= 0.3 is 0 Å². The van der Waals surface area contributed by atoms with Gasteiger partial charge < -0.3 is 9.15 Å². The van der Waals surface area contributed by atoms with E-state index < -0.39 is 4.92 Å². The highest BCUT2D eigenvalue weighted by Gasteiger charge is 2.29. The number of thiocarbonyl (C=S) groups is 1. The Bertz CT molecular complexity index is 935. The zero-order valence-corrected chi connectivity index (χ0v) is 15.6. The van der Waals surface area contributed by atoms with Gasteiger partial charge in [0.05, 0.1) is 28.1 Å². The van der Waals surface area contributed by atoms with Gasteiger partial charge in [-0.2, -0.15) is 0 Å². The van der Waals surface area contributed by atoms with Crippen molar-refractivity contribution in [1.29, 1.82) is 0 Å². The molecule has 1 aliphatic heterocycles. The number of nitro benzene ring substituents is 1. The highest BCUT2D eigenvalue weighted by Crippen LogP contribution is 2.36. The van der Waals surface area contributed by atoms with E-state index in [9.17, 15) is 14.9 Å². The average Bonchev–Trinajstić information content (AvgIpc) is 3.16. The summed E-state index contributed by atoms with van der Waals surface area (Å²) >= 11 is 6.26. The molecule has 0 aliphatic carbocycles. The smallest absolute Gasteiger partial charge is 0.284 e. The molecule has 0 atom stereocenters. The van der Waals surface area contributed by atoms with E-state index in [1.165, 1.54) is 22.7 Å². The molecule has 134 valence electrons. The molecular formula is C17H14N2O5S2. The lowest BCUT2D eigenvalue weighted by Gasteiger charge is -2.05. The highest BCUT2D eigenvalue weighted by atomic mass is 32.2. The summed E-state index contributed by atoms with van der Waals surface area (Å²) in [5.74, 6) is 0.960. The van der Waals surface area contributed by atoms with Crippen LogP contribution in [-0.2, 0) is 4.79 Å². The highest BCUT2D eigenvalue weighted by molar-refractivity contribution is 8.26. The minimum absolute atomic E-state index is 0.114. The van der Waals surface area contributed by atoms with Gasteiger partial charge in [0.15, 0.2) is 0 Å². The summed E-state index contributed by atoms with van der Waals surface area (Å²) in [5, 5.41) is 11.4. The van der Waals surface area contributed by atoms with E-state index in [2.05, 4.69) is 0 Å².